The van der Waals surface area contributed by atoms with Gasteiger partial charge in [-0.1, -0.05) is 17.8 Å². The maximum absolute atomic E-state index is 12.6. The van der Waals surface area contributed by atoms with Crippen molar-refractivity contribution in [3.05, 3.63) is 45.5 Å². The molecule has 31 heavy (non-hydrogen) atoms. The number of aromatic nitrogens is 3. The molecule has 0 atom stereocenters. The number of anilines is 1. The molecule has 0 unspecified atom stereocenters. The Bertz CT molecular complexity index is 1150. The Morgan fingerprint density at radius 1 is 1.42 bits per heavy atom. The van der Waals surface area contributed by atoms with E-state index >= 15 is 0 Å². The van der Waals surface area contributed by atoms with Crippen molar-refractivity contribution >= 4 is 55.9 Å². The number of carbonyl (C=O) groups excluding carboxylic acids is 2. The van der Waals surface area contributed by atoms with Crippen molar-refractivity contribution in [2.75, 3.05) is 18.2 Å². The van der Waals surface area contributed by atoms with E-state index in [1.807, 2.05) is 4.57 Å². The molecule has 1 N–H and O–H groups in total. The summed E-state index contributed by atoms with van der Waals surface area (Å²) in [5.41, 5.74) is 1.48. The fourth-order valence-electron chi connectivity index (χ4n) is 3.41. The number of halogens is 1. The van der Waals surface area contributed by atoms with Crippen LogP contribution in [0.2, 0.25) is 0 Å². The van der Waals surface area contributed by atoms with E-state index in [4.69, 9.17) is 9.15 Å². The third-order valence-corrected chi connectivity index (χ3v) is 7.32. The Labute approximate surface area is 195 Å². The first-order chi connectivity index (χ1) is 15.0. The van der Waals surface area contributed by atoms with Crippen molar-refractivity contribution in [1.29, 1.82) is 0 Å². The number of allylic oxidation sites excluding steroid dienone is 1. The van der Waals surface area contributed by atoms with E-state index in [9.17, 15) is 9.59 Å². The molecule has 0 saturated heterocycles. The lowest BCUT2D eigenvalue weighted by Crippen LogP contribution is -2.16. The predicted octanol–water partition coefficient (Wildman–Crippen LogP) is 4.55. The van der Waals surface area contributed by atoms with Crippen LogP contribution in [-0.2, 0) is 28.9 Å². The quantitative estimate of drug-likeness (QED) is 0.263. The number of hydrogen-bond acceptors (Lipinski definition) is 8. The van der Waals surface area contributed by atoms with Gasteiger partial charge in [0.15, 0.2) is 15.6 Å². The monoisotopic (exact) mass is 522 g/mol. The van der Waals surface area contributed by atoms with Gasteiger partial charge in [0.05, 0.1) is 18.4 Å². The molecule has 11 heteroatoms. The molecule has 8 nitrogen and oxygen atoms in total. The predicted molar refractivity (Wildman–Crippen MR) is 123 cm³/mol. The first-order valence-corrected chi connectivity index (χ1v) is 12.1. The second kappa shape index (κ2) is 9.41. The van der Waals surface area contributed by atoms with Crippen LogP contribution in [-0.4, -0.2) is 39.5 Å². The first-order valence-electron chi connectivity index (χ1n) is 9.47. The molecule has 3 aromatic rings. The summed E-state index contributed by atoms with van der Waals surface area (Å²) in [5.74, 6) is 0.581. The van der Waals surface area contributed by atoms with Gasteiger partial charge in [0, 0.05) is 11.4 Å². The number of hydrogen-bond donors (Lipinski definition) is 1. The van der Waals surface area contributed by atoms with Gasteiger partial charge in [-0.3, -0.25) is 9.36 Å². The van der Waals surface area contributed by atoms with E-state index in [-0.39, 0.29) is 11.7 Å². The van der Waals surface area contributed by atoms with Crippen LogP contribution in [0, 0.1) is 0 Å². The second-order valence-electron chi connectivity index (χ2n) is 6.70. The van der Waals surface area contributed by atoms with E-state index in [0.29, 0.717) is 38.5 Å². The van der Waals surface area contributed by atoms with Crippen LogP contribution in [0.5, 0.6) is 0 Å². The summed E-state index contributed by atoms with van der Waals surface area (Å²) < 4.78 is 12.9. The van der Waals surface area contributed by atoms with E-state index in [2.05, 4.69) is 38.0 Å². The number of nitrogens with zero attached hydrogens (tertiary/aromatic N) is 3. The smallest absolute Gasteiger partial charge is 0.341 e. The Morgan fingerprint density at radius 3 is 2.97 bits per heavy atom. The first kappa shape index (κ1) is 21.8. The van der Waals surface area contributed by atoms with Crippen molar-refractivity contribution in [1.82, 2.24) is 14.8 Å². The normalized spacial score (nSPS) is 12.6. The highest BCUT2D eigenvalue weighted by atomic mass is 79.9. The molecule has 0 aromatic carbocycles. The van der Waals surface area contributed by atoms with Crippen molar-refractivity contribution < 1.29 is 18.7 Å². The van der Waals surface area contributed by atoms with Crippen LogP contribution in [0.3, 0.4) is 0 Å². The molecule has 0 radical (unpaired) electrons. The van der Waals surface area contributed by atoms with Crippen LogP contribution in [0.15, 0.2) is 39.0 Å². The summed E-state index contributed by atoms with van der Waals surface area (Å²) in [7, 11) is 1.35. The molecule has 0 saturated carbocycles. The van der Waals surface area contributed by atoms with Gasteiger partial charge in [0.25, 0.3) is 0 Å². The van der Waals surface area contributed by atoms with Gasteiger partial charge in [-0.05, 0) is 52.9 Å². The van der Waals surface area contributed by atoms with Crippen LogP contribution < -0.4 is 5.32 Å². The average Bonchev–Trinajstić information content (AvgIpc) is 3.51. The van der Waals surface area contributed by atoms with E-state index in [1.165, 1.54) is 30.2 Å². The highest BCUT2D eigenvalue weighted by molar-refractivity contribution is 9.10. The Hall–Kier alpha value is -2.37. The minimum absolute atomic E-state index is 0.111. The lowest BCUT2D eigenvalue weighted by molar-refractivity contribution is -0.113. The summed E-state index contributed by atoms with van der Waals surface area (Å²) >= 11 is 5.99. The van der Waals surface area contributed by atoms with Crippen LogP contribution >= 0.6 is 39.0 Å². The topological polar surface area (TPSA) is 99.2 Å². The number of thiophene rings is 1. The van der Waals surface area contributed by atoms with E-state index in [0.717, 1.165) is 29.7 Å². The third-order valence-electron chi connectivity index (χ3n) is 4.72. The molecule has 0 aliphatic heterocycles. The van der Waals surface area contributed by atoms with Gasteiger partial charge in [-0.2, -0.15) is 0 Å². The third kappa shape index (κ3) is 4.48. The van der Waals surface area contributed by atoms with Crippen LogP contribution in [0.4, 0.5) is 5.00 Å². The summed E-state index contributed by atoms with van der Waals surface area (Å²) in [6.45, 7) is 4.25. The van der Waals surface area contributed by atoms with Crippen molar-refractivity contribution in [3.63, 3.8) is 0 Å². The Balaban J connectivity index is 1.48. The molecular weight excluding hydrogens is 504 g/mol. The minimum Gasteiger partial charge on any atom is -0.465 e. The van der Waals surface area contributed by atoms with Crippen LogP contribution in [0.1, 0.15) is 27.2 Å². The minimum atomic E-state index is -0.415. The van der Waals surface area contributed by atoms with Gasteiger partial charge in [-0.15, -0.1) is 28.1 Å². The highest BCUT2D eigenvalue weighted by Gasteiger charge is 2.28. The zero-order chi connectivity index (χ0) is 22.0. The van der Waals surface area contributed by atoms with Crippen molar-refractivity contribution in [2.24, 2.45) is 0 Å². The lowest BCUT2D eigenvalue weighted by Gasteiger charge is -2.08. The molecular formula is C20H19BrN4O4S2. The molecule has 0 fully saturated rings. The van der Waals surface area contributed by atoms with Gasteiger partial charge >= 0.3 is 5.97 Å². The Morgan fingerprint density at radius 2 is 2.26 bits per heavy atom. The molecule has 162 valence electrons. The van der Waals surface area contributed by atoms with Gasteiger partial charge < -0.3 is 14.5 Å². The molecule has 1 amide bonds. The number of nitrogens with one attached hydrogen (secondary N) is 1. The molecule has 3 heterocycles. The van der Waals surface area contributed by atoms with Gasteiger partial charge in [0.2, 0.25) is 11.7 Å². The molecule has 4 rings (SSSR count). The highest BCUT2D eigenvalue weighted by Crippen LogP contribution is 2.39. The average molecular weight is 523 g/mol. The number of furan rings is 1. The fourth-order valence-corrected chi connectivity index (χ4v) is 5.76. The Kier molecular flexibility index (Phi) is 6.63. The number of carbonyl (C=O) groups is 2. The number of thioether (sulfide) groups is 1. The largest absolute Gasteiger partial charge is 0.465 e. The number of fused-ring (bicyclic) bond motifs is 1. The fraction of sp³-hybridized carbons (Fsp3) is 0.300. The van der Waals surface area contributed by atoms with Crippen molar-refractivity contribution in [2.45, 2.75) is 31.0 Å². The molecule has 0 spiro atoms. The van der Waals surface area contributed by atoms with Gasteiger partial charge in [-0.25, -0.2) is 4.79 Å². The zero-order valence-corrected chi connectivity index (χ0v) is 19.9. The zero-order valence-electron chi connectivity index (χ0n) is 16.6. The standard InChI is InChI=1S/C20H19BrN4O4S2/c1-3-9-25-17(12-7-8-14(21)29-12)23-24-20(25)30-10-15(26)22-18-16(19(27)28-2)11-5-4-6-13(11)31-18/h3,7-8H,1,4-6,9-10H2,2H3,(H,22,26). The number of rotatable bonds is 8. The van der Waals surface area contributed by atoms with E-state index in [1.54, 1.807) is 18.2 Å². The maximum Gasteiger partial charge on any atom is 0.341 e. The number of esters is 1. The summed E-state index contributed by atoms with van der Waals surface area (Å²) in [4.78, 5) is 26.0. The van der Waals surface area contributed by atoms with E-state index < -0.39 is 5.97 Å². The molecule has 3 aromatic heterocycles. The molecule has 1 aliphatic carbocycles. The lowest BCUT2D eigenvalue weighted by atomic mass is 10.1. The summed E-state index contributed by atoms with van der Waals surface area (Å²) in [5, 5.41) is 12.4. The van der Waals surface area contributed by atoms with Crippen LogP contribution in [0.25, 0.3) is 11.6 Å². The number of amides is 1. The number of methoxy groups -OCH3 is 1. The second-order valence-corrected chi connectivity index (χ2v) is 9.53. The van der Waals surface area contributed by atoms with Gasteiger partial charge in [0.1, 0.15) is 5.00 Å². The molecule has 0 bridgehead atoms. The maximum atomic E-state index is 12.6. The SMILES string of the molecule is C=CCn1c(SCC(=O)Nc2sc3c(c2C(=O)OC)CCC3)nnc1-c1ccc(Br)o1. The van der Waals surface area contributed by atoms with Crippen molar-refractivity contribution in [3.8, 4) is 11.6 Å². The molecule has 1 aliphatic rings. The summed E-state index contributed by atoms with van der Waals surface area (Å²) in [6, 6.07) is 3.57. The summed E-state index contributed by atoms with van der Waals surface area (Å²) in [6.07, 6.45) is 4.50. The number of ether oxygens (including phenoxy) is 1. The number of aryl methyl sites for hydroxylation is 1.